The summed E-state index contributed by atoms with van der Waals surface area (Å²) in [6, 6.07) is 12.6. The van der Waals surface area contributed by atoms with Crippen molar-refractivity contribution in [3.05, 3.63) is 48.0 Å². The zero-order valence-electron chi connectivity index (χ0n) is 9.17. The minimum atomic E-state index is -0.683. The highest BCUT2D eigenvalue weighted by Crippen LogP contribution is 2.19. The number of benzene rings is 2. The fourth-order valence-electron chi connectivity index (χ4n) is 1.54. The fourth-order valence-corrected chi connectivity index (χ4v) is 1.54. The van der Waals surface area contributed by atoms with Crippen molar-refractivity contribution >= 4 is 22.7 Å². The first-order valence-electron chi connectivity index (χ1n) is 5.05. The Kier molecular flexibility index (Phi) is 3.05. The SMILES string of the molecule is CC(=O)OOC(=O)c1cccc2ccccc12. The molecule has 0 N–H and O–H groups in total. The number of carbonyl (C=O) groups excluding carboxylic acids is 2. The topological polar surface area (TPSA) is 52.6 Å². The molecule has 0 unspecified atom stereocenters. The van der Waals surface area contributed by atoms with E-state index >= 15 is 0 Å². The zero-order valence-corrected chi connectivity index (χ0v) is 9.17. The molecule has 0 aromatic heterocycles. The lowest BCUT2D eigenvalue weighted by Crippen LogP contribution is -2.09. The monoisotopic (exact) mass is 230 g/mol. The highest BCUT2D eigenvalue weighted by molar-refractivity contribution is 6.04. The van der Waals surface area contributed by atoms with Crippen LogP contribution >= 0.6 is 0 Å². The summed E-state index contributed by atoms with van der Waals surface area (Å²) >= 11 is 0. The summed E-state index contributed by atoms with van der Waals surface area (Å²) in [7, 11) is 0. The van der Waals surface area contributed by atoms with E-state index in [2.05, 4.69) is 9.78 Å². The maximum absolute atomic E-state index is 11.7. The molecule has 0 saturated heterocycles. The van der Waals surface area contributed by atoms with Crippen LogP contribution in [0.4, 0.5) is 0 Å². The molecule has 17 heavy (non-hydrogen) atoms. The Morgan fingerprint density at radius 3 is 2.41 bits per heavy atom. The van der Waals surface area contributed by atoms with Gasteiger partial charge in [-0.15, -0.1) is 0 Å². The zero-order chi connectivity index (χ0) is 12.3. The largest absolute Gasteiger partial charge is 0.386 e. The number of fused-ring (bicyclic) bond motifs is 1. The normalized spacial score (nSPS) is 9.94. The molecule has 4 heteroatoms. The Bertz CT molecular complexity index is 569. The van der Waals surface area contributed by atoms with Crippen LogP contribution in [0.3, 0.4) is 0 Å². The van der Waals surface area contributed by atoms with Gasteiger partial charge in [0, 0.05) is 6.92 Å². The molecule has 0 aliphatic rings. The Morgan fingerprint density at radius 2 is 1.65 bits per heavy atom. The quantitative estimate of drug-likeness (QED) is 0.557. The highest BCUT2D eigenvalue weighted by Gasteiger charge is 2.13. The van der Waals surface area contributed by atoms with E-state index in [0.717, 1.165) is 17.7 Å². The predicted octanol–water partition coefficient (Wildman–Crippen LogP) is 2.47. The van der Waals surface area contributed by atoms with E-state index < -0.39 is 11.9 Å². The van der Waals surface area contributed by atoms with Crippen molar-refractivity contribution < 1.29 is 19.4 Å². The van der Waals surface area contributed by atoms with Gasteiger partial charge in [-0.05, 0) is 16.8 Å². The Balaban J connectivity index is 2.35. The number of hydrogen-bond acceptors (Lipinski definition) is 4. The molecule has 2 aromatic rings. The van der Waals surface area contributed by atoms with E-state index in [1.165, 1.54) is 0 Å². The molecule has 0 spiro atoms. The average Bonchev–Trinajstić information content (AvgIpc) is 2.35. The van der Waals surface area contributed by atoms with E-state index in [1.807, 2.05) is 24.3 Å². The average molecular weight is 230 g/mol. The molecule has 0 atom stereocenters. The third kappa shape index (κ3) is 2.42. The van der Waals surface area contributed by atoms with Crippen LogP contribution in [0.1, 0.15) is 17.3 Å². The van der Waals surface area contributed by atoms with E-state index in [4.69, 9.17) is 0 Å². The van der Waals surface area contributed by atoms with Crippen LogP contribution in [0.15, 0.2) is 42.5 Å². The maximum Gasteiger partial charge on any atom is 0.386 e. The second kappa shape index (κ2) is 4.65. The van der Waals surface area contributed by atoms with Gasteiger partial charge in [0.25, 0.3) is 0 Å². The summed E-state index contributed by atoms with van der Waals surface area (Å²) in [5, 5.41) is 1.68. The minimum absolute atomic E-state index is 0.365. The Morgan fingerprint density at radius 1 is 0.941 bits per heavy atom. The van der Waals surface area contributed by atoms with Gasteiger partial charge in [-0.2, -0.15) is 0 Å². The van der Waals surface area contributed by atoms with Crippen LogP contribution in [0.5, 0.6) is 0 Å². The van der Waals surface area contributed by atoms with Gasteiger partial charge in [-0.3, -0.25) is 0 Å². The van der Waals surface area contributed by atoms with Crippen LogP contribution in [-0.4, -0.2) is 11.9 Å². The summed E-state index contributed by atoms with van der Waals surface area (Å²) in [5.41, 5.74) is 0.365. The van der Waals surface area contributed by atoms with Gasteiger partial charge in [0.15, 0.2) is 0 Å². The molecule has 0 saturated carbocycles. The van der Waals surface area contributed by atoms with Crippen LogP contribution in [0.2, 0.25) is 0 Å². The lowest BCUT2D eigenvalue weighted by molar-refractivity contribution is -0.231. The summed E-state index contributed by atoms with van der Waals surface area (Å²) < 4.78 is 0. The van der Waals surface area contributed by atoms with Gasteiger partial charge < -0.3 is 0 Å². The van der Waals surface area contributed by atoms with Gasteiger partial charge >= 0.3 is 11.9 Å². The first kappa shape index (κ1) is 11.1. The molecule has 0 heterocycles. The number of hydrogen-bond donors (Lipinski definition) is 0. The van der Waals surface area contributed by atoms with Gasteiger partial charge in [0.05, 0.1) is 5.56 Å². The summed E-state index contributed by atoms with van der Waals surface area (Å²) in [5.74, 6) is -1.35. The molecule has 86 valence electrons. The van der Waals surface area contributed by atoms with Crippen LogP contribution in [0.25, 0.3) is 10.8 Å². The fraction of sp³-hybridized carbons (Fsp3) is 0.0769. The molecule has 0 fully saturated rings. The molecule has 0 aliphatic carbocycles. The van der Waals surface area contributed by atoms with Crippen LogP contribution in [0, 0.1) is 0 Å². The van der Waals surface area contributed by atoms with E-state index in [9.17, 15) is 9.59 Å². The lowest BCUT2D eigenvalue weighted by atomic mass is 10.1. The lowest BCUT2D eigenvalue weighted by Gasteiger charge is -2.04. The molecule has 2 rings (SSSR count). The minimum Gasteiger partial charge on any atom is -0.248 e. The standard InChI is InChI=1S/C13H10O4/c1-9(14)16-17-13(15)12-8-4-6-10-5-2-3-7-11(10)12/h2-8H,1H3. The van der Waals surface area contributed by atoms with Gasteiger partial charge in [0.1, 0.15) is 0 Å². The third-order valence-corrected chi connectivity index (χ3v) is 2.24. The van der Waals surface area contributed by atoms with Crippen molar-refractivity contribution in [2.45, 2.75) is 6.92 Å². The number of rotatable bonds is 1. The van der Waals surface area contributed by atoms with E-state index in [-0.39, 0.29) is 0 Å². The number of carbonyl (C=O) groups is 2. The molecule has 4 nitrogen and oxygen atoms in total. The summed E-state index contributed by atoms with van der Waals surface area (Å²) in [6.45, 7) is 1.16. The molecule has 0 amide bonds. The van der Waals surface area contributed by atoms with E-state index in [1.54, 1.807) is 18.2 Å². The second-order valence-electron chi connectivity index (χ2n) is 3.47. The van der Waals surface area contributed by atoms with Crippen molar-refractivity contribution in [2.24, 2.45) is 0 Å². The molecule has 0 bridgehead atoms. The summed E-state index contributed by atoms with van der Waals surface area (Å²) in [4.78, 5) is 30.8. The van der Waals surface area contributed by atoms with Crippen molar-refractivity contribution in [3.63, 3.8) is 0 Å². The second-order valence-corrected chi connectivity index (χ2v) is 3.47. The third-order valence-electron chi connectivity index (χ3n) is 2.24. The van der Waals surface area contributed by atoms with Gasteiger partial charge in [-0.25, -0.2) is 19.4 Å². The maximum atomic E-state index is 11.7. The molecule has 0 radical (unpaired) electrons. The Labute approximate surface area is 97.7 Å². The predicted molar refractivity (Wildman–Crippen MR) is 61.1 cm³/mol. The molecular weight excluding hydrogens is 220 g/mol. The van der Waals surface area contributed by atoms with Gasteiger partial charge in [-0.1, -0.05) is 36.4 Å². The van der Waals surface area contributed by atoms with Crippen molar-refractivity contribution in [1.82, 2.24) is 0 Å². The first-order chi connectivity index (χ1) is 8.18. The Hall–Kier alpha value is -2.36. The first-order valence-corrected chi connectivity index (χ1v) is 5.05. The van der Waals surface area contributed by atoms with Crippen molar-refractivity contribution in [2.75, 3.05) is 0 Å². The van der Waals surface area contributed by atoms with Crippen LogP contribution in [-0.2, 0) is 14.6 Å². The molecular formula is C13H10O4. The van der Waals surface area contributed by atoms with Crippen LogP contribution < -0.4 is 0 Å². The molecule has 2 aromatic carbocycles. The van der Waals surface area contributed by atoms with Crippen molar-refractivity contribution in [3.8, 4) is 0 Å². The van der Waals surface area contributed by atoms with Gasteiger partial charge in [0.2, 0.25) is 0 Å². The van der Waals surface area contributed by atoms with Crippen molar-refractivity contribution in [1.29, 1.82) is 0 Å². The van der Waals surface area contributed by atoms with E-state index in [0.29, 0.717) is 5.56 Å². The smallest absolute Gasteiger partial charge is 0.248 e. The summed E-state index contributed by atoms with van der Waals surface area (Å²) in [6.07, 6.45) is 0. The highest BCUT2D eigenvalue weighted by atomic mass is 17.2. The molecule has 0 aliphatic heterocycles.